The Hall–Kier alpha value is -1.39. The molecule has 2 heterocycles. The number of fused-ring (bicyclic) bond motifs is 1. The molecule has 3 unspecified atom stereocenters. The van der Waals surface area contributed by atoms with Crippen molar-refractivity contribution in [2.45, 2.75) is 39.7 Å². The van der Waals surface area contributed by atoms with E-state index in [0.717, 1.165) is 59.9 Å². The summed E-state index contributed by atoms with van der Waals surface area (Å²) >= 11 is 0. The van der Waals surface area contributed by atoms with Crippen molar-refractivity contribution in [3.8, 4) is 0 Å². The number of aromatic amines is 1. The van der Waals surface area contributed by atoms with Gasteiger partial charge in [0, 0.05) is 25.0 Å². The van der Waals surface area contributed by atoms with Crippen LogP contribution in [0.4, 0.5) is 0 Å². The largest absolute Gasteiger partial charge is 0.388 e. The fourth-order valence-electron chi connectivity index (χ4n) is 3.91. The molecule has 2 aromatic rings. The van der Waals surface area contributed by atoms with E-state index in [1.54, 1.807) is 0 Å². The van der Waals surface area contributed by atoms with E-state index in [-0.39, 0.29) is 0 Å². The van der Waals surface area contributed by atoms with Crippen molar-refractivity contribution in [1.82, 2.24) is 15.1 Å². The molecule has 1 aromatic heterocycles. The van der Waals surface area contributed by atoms with Gasteiger partial charge in [0.2, 0.25) is 0 Å². The maximum Gasteiger partial charge on any atom is 0.0805 e. The molecule has 1 aromatic carbocycles. The van der Waals surface area contributed by atoms with E-state index in [1.165, 1.54) is 6.42 Å². The predicted octanol–water partition coefficient (Wildman–Crippen LogP) is 3.27. The number of aliphatic hydroxyl groups is 1. The zero-order valence-corrected chi connectivity index (χ0v) is 13.8. The second kappa shape index (κ2) is 6.39. The second-order valence-electron chi connectivity index (χ2n) is 7.18. The van der Waals surface area contributed by atoms with Crippen molar-refractivity contribution in [2.24, 2.45) is 11.8 Å². The van der Waals surface area contributed by atoms with Crippen molar-refractivity contribution in [3.05, 3.63) is 29.5 Å². The first kappa shape index (κ1) is 15.5. The fraction of sp³-hybridized carbons (Fsp3) is 0.611. The lowest BCUT2D eigenvalue weighted by molar-refractivity contribution is 0.103. The molecule has 1 fully saturated rings. The van der Waals surface area contributed by atoms with Crippen molar-refractivity contribution >= 4 is 10.9 Å². The van der Waals surface area contributed by atoms with Crippen molar-refractivity contribution in [2.75, 3.05) is 19.6 Å². The van der Waals surface area contributed by atoms with E-state index in [2.05, 4.69) is 48.0 Å². The first-order valence-corrected chi connectivity index (χ1v) is 8.37. The molecule has 2 N–H and O–H groups in total. The molecule has 0 amide bonds. The molecule has 120 valence electrons. The van der Waals surface area contributed by atoms with Gasteiger partial charge in [0.15, 0.2) is 0 Å². The molecule has 1 aliphatic heterocycles. The van der Waals surface area contributed by atoms with Crippen LogP contribution in [-0.2, 0) is 0 Å². The normalized spacial score (nSPS) is 24.7. The van der Waals surface area contributed by atoms with Crippen molar-refractivity contribution in [1.29, 1.82) is 0 Å². The summed E-state index contributed by atoms with van der Waals surface area (Å²) < 4.78 is 0. The van der Waals surface area contributed by atoms with Crippen LogP contribution in [0.15, 0.2) is 18.3 Å². The molecular formula is C18H27N3O. The molecular weight excluding hydrogens is 274 g/mol. The van der Waals surface area contributed by atoms with E-state index >= 15 is 0 Å². The predicted molar refractivity (Wildman–Crippen MR) is 89.8 cm³/mol. The molecule has 0 bridgehead atoms. The van der Waals surface area contributed by atoms with Crippen LogP contribution in [0.3, 0.4) is 0 Å². The lowest BCUT2D eigenvalue weighted by atomic mass is 9.91. The Morgan fingerprint density at radius 3 is 2.77 bits per heavy atom. The monoisotopic (exact) mass is 301 g/mol. The van der Waals surface area contributed by atoms with Crippen LogP contribution in [0.2, 0.25) is 0 Å². The van der Waals surface area contributed by atoms with Gasteiger partial charge in [0.1, 0.15) is 0 Å². The number of aromatic nitrogens is 2. The Balaban J connectivity index is 1.65. The summed E-state index contributed by atoms with van der Waals surface area (Å²) in [5, 5.41) is 18.7. The Bertz CT molecular complexity index is 626. The quantitative estimate of drug-likeness (QED) is 0.911. The van der Waals surface area contributed by atoms with Gasteiger partial charge in [-0.3, -0.25) is 5.10 Å². The molecule has 3 rings (SSSR count). The van der Waals surface area contributed by atoms with Crippen molar-refractivity contribution < 1.29 is 5.11 Å². The lowest BCUT2D eigenvalue weighted by Crippen LogP contribution is -2.39. The SMILES string of the molecule is Cc1cc2[nH]ncc2cc1C(O)CCN1CC(C)CC(C)C1. The Morgan fingerprint density at radius 1 is 1.32 bits per heavy atom. The van der Waals surface area contributed by atoms with E-state index in [1.807, 2.05) is 6.20 Å². The van der Waals surface area contributed by atoms with Crippen LogP contribution in [0, 0.1) is 18.8 Å². The summed E-state index contributed by atoms with van der Waals surface area (Å²) in [6.07, 6.45) is 3.55. The summed E-state index contributed by atoms with van der Waals surface area (Å²) in [7, 11) is 0. The Morgan fingerprint density at radius 2 is 2.05 bits per heavy atom. The fourth-order valence-corrected chi connectivity index (χ4v) is 3.91. The number of rotatable bonds is 4. The van der Waals surface area contributed by atoms with Gasteiger partial charge in [0.05, 0.1) is 17.8 Å². The molecule has 4 nitrogen and oxygen atoms in total. The Kier molecular flexibility index (Phi) is 4.50. The smallest absolute Gasteiger partial charge is 0.0805 e. The minimum absolute atomic E-state index is 0.396. The highest BCUT2D eigenvalue weighted by Gasteiger charge is 2.22. The van der Waals surface area contributed by atoms with Crippen LogP contribution in [0.25, 0.3) is 10.9 Å². The zero-order chi connectivity index (χ0) is 15.7. The number of nitrogens with zero attached hydrogens (tertiary/aromatic N) is 2. The van der Waals surface area contributed by atoms with Gasteiger partial charge in [-0.15, -0.1) is 0 Å². The molecule has 0 spiro atoms. The number of nitrogens with one attached hydrogen (secondary N) is 1. The third kappa shape index (κ3) is 3.33. The average Bonchev–Trinajstić information content (AvgIpc) is 2.90. The highest BCUT2D eigenvalue weighted by molar-refractivity contribution is 5.79. The standard InChI is InChI=1S/C18H27N3O/c1-12-6-13(2)11-21(10-12)5-4-18(22)16-8-15-9-19-20-17(15)7-14(16)3/h7-9,12-13,18,22H,4-6,10-11H2,1-3H3,(H,19,20). The van der Waals surface area contributed by atoms with Gasteiger partial charge in [-0.25, -0.2) is 0 Å². The van der Waals surface area contributed by atoms with E-state index in [0.29, 0.717) is 0 Å². The van der Waals surface area contributed by atoms with Gasteiger partial charge in [-0.05, 0) is 54.9 Å². The van der Waals surface area contributed by atoms with Crippen LogP contribution in [0.5, 0.6) is 0 Å². The molecule has 0 saturated carbocycles. The zero-order valence-electron chi connectivity index (χ0n) is 13.8. The molecule has 1 saturated heterocycles. The number of benzene rings is 1. The summed E-state index contributed by atoms with van der Waals surface area (Å²) in [5.41, 5.74) is 3.20. The summed E-state index contributed by atoms with van der Waals surface area (Å²) in [6.45, 7) is 10.0. The maximum atomic E-state index is 10.6. The number of aryl methyl sites for hydroxylation is 1. The molecule has 0 radical (unpaired) electrons. The van der Waals surface area contributed by atoms with Crippen LogP contribution < -0.4 is 0 Å². The molecule has 1 aliphatic rings. The molecule has 3 atom stereocenters. The van der Waals surface area contributed by atoms with Gasteiger partial charge in [-0.2, -0.15) is 5.10 Å². The number of aliphatic hydroxyl groups excluding tert-OH is 1. The van der Waals surface area contributed by atoms with E-state index in [9.17, 15) is 5.11 Å². The number of piperidine rings is 1. The number of hydrogen-bond acceptors (Lipinski definition) is 3. The summed E-state index contributed by atoms with van der Waals surface area (Å²) in [4.78, 5) is 2.51. The van der Waals surface area contributed by atoms with E-state index in [4.69, 9.17) is 0 Å². The van der Waals surface area contributed by atoms with Crippen LogP contribution >= 0.6 is 0 Å². The molecule has 4 heteroatoms. The van der Waals surface area contributed by atoms with Gasteiger partial charge >= 0.3 is 0 Å². The van der Waals surface area contributed by atoms with Gasteiger partial charge in [-0.1, -0.05) is 13.8 Å². The number of likely N-dealkylation sites (tertiary alicyclic amines) is 1. The second-order valence-corrected chi connectivity index (χ2v) is 7.18. The minimum Gasteiger partial charge on any atom is -0.388 e. The molecule has 0 aliphatic carbocycles. The summed E-state index contributed by atoms with van der Waals surface area (Å²) in [5.74, 6) is 1.54. The van der Waals surface area contributed by atoms with E-state index < -0.39 is 6.10 Å². The molecule has 22 heavy (non-hydrogen) atoms. The highest BCUT2D eigenvalue weighted by atomic mass is 16.3. The van der Waals surface area contributed by atoms with Gasteiger partial charge < -0.3 is 10.0 Å². The third-order valence-electron chi connectivity index (χ3n) is 4.85. The Labute approximate surface area is 132 Å². The number of hydrogen-bond donors (Lipinski definition) is 2. The third-order valence-corrected chi connectivity index (χ3v) is 4.85. The minimum atomic E-state index is -0.396. The van der Waals surface area contributed by atoms with Gasteiger partial charge in [0.25, 0.3) is 0 Å². The lowest BCUT2D eigenvalue weighted by Gasteiger charge is -2.35. The topological polar surface area (TPSA) is 52.1 Å². The first-order chi connectivity index (χ1) is 10.5. The number of H-pyrrole nitrogens is 1. The summed E-state index contributed by atoms with van der Waals surface area (Å²) in [6, 6.07) is 4.15. The van der Waals surface area contributed by atoms with Crippen LogP contribution in [0.1, 0.15) is 43.9 Å². The van der Waals surface area contributed by atoms with Crippen molar-refractivity contribution in [3.63, 3.8) is 0 Å². The first-order valence-electron chi connectivity index (χ1n) is 8.37. The van der Waals surface area contributed by atoms with Crippen LogP contribution in [-0.4, -0.2) is 39.8 Å². The highest BCUT2D eigenvalue weighted by Crippen LogP contribution is 2.27. The maximum absolute atomic E-state index is 10.6. The average molecular weight is 301 g/mol.